The van der Waals surface area contributed by atoms with Gasteiger partial charge in [-0.25, -0.2) is 4.79 Å². The third-order valence-electron chi connectivity index (χ3n) is 1.91. The summed E-state index contributed by atoms with van der Waals surface area (Å²) < 4.78 is 5.35. The van der Waals surface area contributed by atoms with Gasteiger partial charge in [0.25, 0.3) is 0 Å². The van der Waals surface area contributed by atoms with Crippen LogP contribution in [0.4, 0.5) is 0 Å². The monoisotopic (exact) mass is 194 g/mol. The molecule has 1 aromatic carbocycles. The van der Waals surface area contributed by atoms with Gasteiger partial charge in [-0.3, -0.25) is 0 Å². The number of aromatic carboxylic acids is 1. The lowest BCUT2D eigenvalue weighted by molar-refractivity contribution is 0.0691. The molecule has 1 N–H and O–H groups in total. The molecule has 0 unspecified atom stereocenters. The first-order valence-electron chi connectivity index (χ1n) is 4.62. The summed E-state index contributed by atoms with van der Waals surface area (Å²) in [5.41, 5.74) is 0.993. The molecule has 0 aliphatic heterocycles. The van der Waals surface area contributed by atoms with Gasteiger partial charge in [0, 0.05) is 0 Å². The zero-order valence-electron chi connectivity index (χ0n) is 8.41. The number of benzene rings is 1. The van der Waals surface area contributed by atoms with Crippen molar-refractivity contribution in [3.05, 3.63) is 29.3 Å². The number of carboxylic acid groups (broad SMARTS) is 1. The zero-order valence-corrected chi connectivity index (χ0v) is 8.41. The maximum Gasteiger partial charge on any atom is 0.339 e. The van der Waals surface area contributed by atoms with E-state index in [1.54, 1.807) is 25.1 Å². The van der Waals surface area contributed by atoms with Crippen LogP contribution < -0.4 is 4.74 Å². The van der Waals surface area contributed by atoms with Crippen LogP contribution in [0.1, 0.15) is 29.3 Å². The van der Waals surface area contributed by atoms with E-state index in [1.165, 1.54) is 0 Å². The summed E-state index contributed by atoms with van der Waals surface area (Å²) >= 11 is 0. The lowest BCUT2D eigenvalue weighted by Crippen LogP contribution is -2.05. The highest BCUT2D eigenvalue weighted by Gasteiger charge is 2.13. The molecule has 0 heterocycles. The second-order valence-corrected chi connectivity index (χ2v) is 3.10. The van der Waals surface area contributed by atoms with Crippen LogP contribution in [0.25, 0.3) is 0 Å². The van der Waals surface area contributed by atoms with Gasteiger partial charge in [-0.15, -0.1) is 0 Å². The Morgan fingerprint density at radius 1 is 1.50 bits per heavy atom. The number of ether oxygens (including phenoxy) is 1. The lowest BCUT2D eigenvalue weighted by Gasteiger charge is -2.09. The van der Waals surface area contributed by atoms with Gasteiger partial charge >= 0.3 is 5.97 Å². The number of hydrogen-bond acceptors (Lipinski definition) is 2. The molecule has 0 aliphatic carbocycles. The third-order valence-corrected chi connectivity index (χ3v) is 1.91. The van der Waals surface area contributed by atoms with Crippen LogP contribution >= 0.6 is 0 Å². The summed E-state index contributed by atoms with van der Waals surface area (Å²) in [6.45, 7) is 4.29. The van der Waals surface area contributed by atoms with E-state index in [9.17, 15) is 4.79 Å². The van der Waals surface area contributed by atoms with Crippen molar-refractivity contribution in [3.63, 3.8) is 0 Å². The zero-order chi connectivity index (χ0) is 10.6. The highest BCUT2D eigenvalue weighted by atomic mass is 16.5. The third kappa shape index (κ3) is 2.25. The number of carbonyl (C=O) groups is 1. The van der Waals surface area contributed by atoms with Crippen molar-refractivity contribution in [3.8, 4) is 5.75 Å². The molecule has 3 nitrogen and oxygen atoms in total. The minimum Gasteiger partial charge on any atom is -0.493 e. The fourth-order valence-corrected chi connectivity index (χ4v) is 1.25. The van der Waals surface area contributed by atoms with Gasteiger partial charge in [-0.2, -0.15) is 0 Å². The van der Waals surface area contributed by atoms with Crippen LogP contribution in [0, 0.1) is 6.92 Å². The van der Waals surface area contributed by atoms with Gasteiger partial charge in [0.05, 0.1) is 6.61 Å². The molecule has 0 amide bonds. The molecule has 76 valence electrons. The number of rotatable bonds is 4. The van der Waals surface area contributed by atoms with Crippen molar-refractivity contribution < 1.29 is 14.6 Å². The Morgan fingerprint density at radius 2 is 2.21 bits per heavy atom. The van der Waals surface area contributed by atoms with Crippen LogP contribution in [0.5, 0.6) is 5.75 Å². The van der Waals surface area contributed by atoms with E-state index in [0.717, 1.165) is 12.0 Å². The molecule has 0 saturated heterocycles. The van der Waals surface area contributed by atoms with Gasteiger partial charge in [-0.1, -0.05) is 19.1 Å². The summed E-state index contributed by atoms with van der Waals surface area (Å²) in [4.78, 5) is 10.9. The van der Waals surface area contributed by atoms with Crippen LogP contribution in [0.2, 0.25) is 0 Å². The highest BCUT2D eigenvalue weighted by molar-refractivity contribution is 5.92. The average molecular weight is 194 g/mol. The fraction of sp³-hybridized carbons (Fsp3) is 0.364. The molecule has 0 spiro atoms. The largest absolute Gasteiger partial charge is 0.493 e. The van der Waals surface area contributed by atoms with Gasteiger partial charge in [0.1, 0.15) is 11.3 Å². The van der Waals surface area contributed by atoms with Crippen LogP contribution in [0.3, 0.4) is 0 Å². The normalized spacial score (nSPS) is 9.86. The predicted octanol–water partition coefficient (Wildman–Crippen LogP) is 2.48. The number of aryl methyl sites for hydroxylation is 1. The Morgan fingerprint density at radius 3 is 2.79 bits per heavy atom. The van der Waals surface area contributed by atoms with Crippen molar-refractivity contribution in [1.82, 2.24) is 0 Å². The van der Waals surface area contributed by atoms with Crippen molar-refractivity contribution in [2.45, 2.75) is 20.3 Å². The second kappa shape index (κ2) is 4.65. The summed E-state index contributed by atoms with van der Waals surface area (Å²) in [5, 5.41) is 8.97. The molecular weight excluding hydrogens is 180 g/mol. The molecule has 0 atom stereocenters. The molecule has 0 radical (unpaired) electrons. The van der Waals surface area contributed by atoms with Gasteiger partial charge in [0.2, 0.25) is 0 Å². The first-order chi connectivity index (χ1) is 6.66. The summed E-state index contributed by atoms with van der Waals surface area (Å²) in [6.07, 6.45) is 0.868. The summed E-state index contributed by atoms with van der Waals surface area (Å²) in [6, 6.07) is 5.25. The molecule has 14 heavy (non-hydrogen) atoms. The average Bonchev–Trinajstić information content (AvgIpc) is 2.14. The first kappa shape index (κ1) is 10.6. The van der Waals surface area contributed by atoms with Crippen LogP contribution in [0.15, 0.2) is 18.2 Å². The van der Waals surface area contributed by atoms with Crippen molar-refractivity contribution in [2.75, 3.05) is 6.61 Å². The van der Waals surface area contributed by atoms with E-state index < -0.39 is 5.97 Å². The minimum atomic E-state index is -0.936. The van der Waals surface area contributed by atoms with E-state index in [4.69, 9.17) is 9.84 Å². The standard InChI is InChI=1S/C11H14O3/c1-3-7-14-9-6-4-5-8(2)10(9)11(12)13/h4-6H,3,7H2,1-2H3,(H,12,13). The molecule has 0 bridgehead atoms. The molecule has 0 aliphatic rings. The molecule has 3 heteroatoms. The van der Waals surface area contributed by atoms with E-state index >= 15 is 0 Å². The molecule has 0 aromatic heterocycles. The maximum atomic E-state index is 10.9. The lowest BCUT2D eigenvalue weighted by atomic mass is 10.1. The molecule has 0 fully saturated rings. The van der Waals surface area contributed by atoms with Crippen molar-refractivity contribution in [2.24, 2.45) is 0 Å². The first-order valence-corrected chi connectivity index (χ1v) is 4.62. The van der Waals surface area contributed by atoms with Gasteiger partial charge in [0.15, 0.2) is 0 Å². The Labute approximate surface area is 83.3 Å². The smallest absolute Gasteiger partial charge is 0.339 e. The molecule has 0 saturated carbocycles. The predicted molar refractivity (Wildman–Crippen MR) is 53.9 cm³/mol. The number of hydrogen-bond donors (Lipinski definition) is 1. The SMILES string of the molecule is CCCOc1cccc(C)c1C(=O)O. The number of carboxylic acids is 1. The van der Waals surface area contributed by atoms with Crippen molar-refractivity contribution in [1.29, 1.82) is 0 Å². The quantitative estimate of drug-likeness (QED) is 0.800. The van der Waals surface area contributed by atoms with E-state index in [0.29, 0.717) is 12.4 Å². The van der Waals surface area contributed by atoms with Crippen molar-refractivity contribution >= 4 is 5.97 Å². The molecule has 1 rings (SSSR count). The Bertz CT molecular complexity index is 331. The molecular formula is C11H14O3. The minimum absolute atomic E-state index is 0.265. The van der Waals surface area contributed by atoms with Crippen LogP contribution in [-0.4, -0.2) is 17.7 Å². The second-order valence-electron chi connectivity index (χ2n) is 3.10. The Hall–Kier alpha value is -1.51. The fourth-order valence-electron chi connectivity index (χ4n) is 1.25. The Kier molecular flexibility index (Phi) is 3.51. The van der Waals surface area contributed by atoms with Gasteiger partial charge < -0.3 is 9.84 Å². The summed E-state index contributed by atoms with van der Waals surface area (Å²) in [7, 11) is 0. The topological polar surface area (TPSA) is 46.5 Å². The highest BCUT2D eigenvalue weighted by Crippen LogP contribution is 2.21. The van der Waals surface area contributed by atoms with E-state index in [-0.39, 0.29) is 5.56 Å². The Balaban J connectivity index is 3.02. The van der Waals surface area contributed by atoms with E-state index in [2.05, 4.69) is 0 Å². The molecule has 1 aromatic rings. The van der Waals surface area contributed by atoms with Gasteiger partial charge in [-0.05, 0) is 25.0 Å². The van der Waals surface area contributed by atoms with Crippen LogP contribution in [-0.2, 0) is 0 Å². The van der Waals surface area contributed by atoms with E-state index in [1.807, 2.05) is 6.92 Å². The maximum absolute atomic E-state index is 10.9. The summed E-state index contributed by atoms with van der Waals surface area (Å²) in [5.74, 6) is -0.478.